The molecule has 3 rings (SSSR count). The van der Waals surface area contributed by atoms with E-state index in [1.807, 2.05) is 48.5 Å². The number of benzene rings is 3. The predicted octanol–water partition coefficient (Wildman–Crippen LogP) is 6.87. The van der Waals surface area contributed by atoms with Gasteiger partial charge in [-0.05, 0) is 60.7 Å². The molecule has 1 nitrogen and oxygen atoms in total. The van der Waals surface area contributed by atoms with Crippen molar-refractivity contribution in [2.75, 3.05) is 0 Å². The van der Waals surface area contributed by atoms with Crippen LogP contribution < -0.4 is 0 Å². The molecule has 0 unspecified atom stereocenters. The average Bonchev–Trinajstić information content (AvgIpc) is 2.58. The van der Waals surface area contributed by atoms with Gasteiger partial charge in [0.2, 0.25) is 0 Å². The largest absolute Gasteiger partial charge is 0.164 e. The van der Waals surface area contributed by atoms with E-state index < -0.39 is 9.93 Å². The Bertz CT molecular complexity index is 825. The Hall–Kier alpha value is -1.13. The van der Waals surface area contributed by atoms with Crippen molar-refractivity contribution in [2.24, 2.45) is 0 Å². The molecule has 0 aliphatic rings. The van der Waals surface area contributed by atoms with E-state index in [9.17, 15) is 4.21 Å². The van der Waals surface area contributed by atoms with Gasteiger partial charge >= 0.3 is 0 Å². The molecular weight excluding hydrogens is 427 g/mol. The molecule has 0 aliphatic carbocycles. The van der Waals surface area contributed by atoms with Crippen molar-refractivity contribution >= 4 is 49.1 Å². The summed E-state index contributed by atoms with van der Waals surface area (Å²) in [5.74, 6) is 0.420. The first-order valence-electron chi connectivity index (χ1n) is 7.25. The van der Waals surface area contributed by atoms with Crippen LogP contribution in [0.5, 0.6) is 0 Å². The maximum Gasteiger partial charge on any atom is 0.164 e. The molecule has 3 aromatic carbocycles. The van der Waals surface area contributed by atoms with Crippen LogP contribution in [0.15, 0.2) is 87.1 Å². The Kier molecular flexibility index (Phi) is 5.46. The maximum absolute atomic E-state index is 14.0. The van der Waals surface area contributed by atoms with Gasteiger partial charge in [-0.2, -0.15) is 0 Å². The highest BCUT2D eigenvalue weighted by Gasteiger charge is 2.35. The van der Waals surface area contributed by atoms with Gasteiger partial charge in [-0.25, -0.2) is 0 Å². The molecule has 0 aliphatic heterocycles. The standard InChI is InChI=1S/C19H14BrCl2OS/c20-15-3-1-14(2-4-15)13-24(23,18-9-5-16(21)6-10-18)19-11-7-17(22)8-12-19/h1-12H,13H2/q+1. The highest BCUT2D eigenvalue weighted by atomic mass is 79.9. The molecule has 0 bridgehead atoms. The van der Waals surface area contributed by atoms with Crippen LogP contribution in [0.3, 0.4) is 0 Å². The summed E-state index contributed by atoms with van der Waals surface area (Å²) in [6.45, 7) is 0. The summed E-state index contributed by atoms with van der Waals surface area (Å²) < 4.78 is 15.0. The monoisotopic (exact) mass is 439 g/mol. The van der Waals surface area contributed by atoms with Crippen molar-refractivity contribution in [1.82, 2.24) is 0 Å². The van der Waals surface area contributed by atoms with Crippen molar-refractivity contribution in [3.63, 3.8) is 0 Å². The molecule has 0 fully saturated rings. The van der Waals surface area contributed by atoms with Gasteiger partial charge in [0, 0.05) is 20.1 Å². The Morgan fingerprint density at radius 2 is 1.12 bits per heavy atom. The fourth-order valence-electron chi connectivity index (χ4n) is 2.43. The summed E-state index contributed by atoms with van der Waals surface area (Å²) in [4.78, 5) is 1.52. The first-order chi connectivity index (χ1) is 11.5. The second-order valence-electron chi connectivity index (χ2n) is 5.35. The molecule has 0 aromatic heterocycles. The van der Waals surface area contributed by atoms with E-state index in [4.69, 9.17) is 23.2 Å². The lowest BCUT2D eigenvalue weighted by Crippen LogP contribution is -2.15. The molecule has 122 valence electrons. The van der Waals surface area contributed by atoms with E-state index >= 15 is 0 Å². The lowest BCUT2D eigenvalue weighted by molar-refractivity contribution is 0.583. The highest BCUT2D eigenvalue weighted by Crippen LogP contribution is 2.34. The van der Waals surface area contributed by atoms with Gasteiger partial charge in [0.05, 0.1) is 0 Å². The van der Waals surface area contributed by atoms with Crippen LogP contribution in [-0.4, -0.2) is 0 Å². The van der Waals surface area contributed by atoms with Crippen LogP contribution in [-0.2, 0) is 19.9 Å². The quantitative estimate of drug-likeness (QED) is 0.404. The zero-order chi connectivity index (χ0) is 17.2. The molecule has 24 heavy (non-hydrogen) atoms. The fourth-order valence-corrected chi connectivity index (χ4v) is 5.36. The third-order valence-corrected chi connectivity index (χ3v) is 7.51. The number of hydrogen-bond donors (Lipinski definition) is 0. The first-order valence-corrected chi connectivity index (χ1v) is 10.5. The van der Waals surface area contributed by atoms with Gasteiger partial charge in [0.15, 0.2) is 19.7 Å². The van der Waals surface area contributed by atoms with E-state index in [2.05, 4.69) is 15.9 Å². The van der Waals surface area contributed by atoms with Crippen LogP contribution in [0, 0.1) is 0 Å². The summed E-state index contributed by atoms with van der Waals surface area (Å²) in [5, 5.41) is 1.25. The van der Waals surface area contributed by atoms with E-state index in [1.54, 1.807) is 24.3 Å². The smallest absolute Gasteiger partial charge is 0.0933 e. The van der Waals surface area contributed by atoms with Gasteiger partial charge in [0.25, 0.3) is 0 Å². The zero-order valence-electron chi connectivity index (χ0n) is 12.6. The molecule has 0 N–H and O–H groups in total. The summed E-state index contributed by atoms with van der Waals surface area (Å²) >= 11 is 15.4. The van der Waals surface area contributed by atoms with E-state index in [0.29, 0.717) is 15.8 Å². The van der Waals surface area contributed by atoms with Crippen LogP contribution in [0.1, 0.15) is 5.56 Å². The number of rotatable bonds is 4. The molecule has 0 amide bonds. The third kappa shape index (κ3) is 3.92. The van der Waals surface area contributed by atoms with Gasteiger partial charge in [-0.1, -0.05) is 55.5 Å². The zero-order valence-corrected chi connectivity index (χ0v) is 16.5. The SMILES string of the molecule is O=[S+](Cc1ccc(Br)cc1)(c1ccc(Cl)cc1)c1ccc(Cl)cc1. The summed E-state index contributed by atoms with van der Waals surface area (Å²) in [5.41, 5.74) is 1.01. The van der Waals surface area contributed by atoms with Crippen LogP contribution in [0.4, 0.5) is 0 Å². The van der Waals surface area contributed by atoms with Crippen molar-refractivity contribution < 1.29 is 4.21 Å². The molecule has 0 saturated carbocycles. The minimum absolute atomic E-state index is 0.420. The Morgan fingerprint density at radius 3 is 1.54 bits per heavy atom. The lowest BCUT2D eigenvalue weighted by atomic mass is 10.2. The molecule has 0 atom stereocenters. The number of halogens is 3. The topological polar surface area (TPSA) is 17.1 Å². The molecular formula is C19H14BrCl2OS+. The fraction of sp³-hybridized carbons (Fsp3) is 0.0526. The van der Waals surface area contributed by atoms with E-state index in [0.717, 1.165) is 19.8 Å². The first kappa shape index (κ1) is 17.7. The van der Waals surface area contributed by atoms with Gasteiger partial charge in [-0.3, -0.25) is 0 Å². The number of hydrogen-bond acceptors (Lipinski definition) is 1. The second-order valence-corrected chi connectivity index (χ2v) is 9.72. The van der Waals surface area contributed by atoms with Crippen molar-refractivity contribution in [2.45, 2.75) is 15.5 Å². The van der Waals surface area contributed by atoms with Crippen molar-refractivity contribution in [3.05, 3.63) is 92.9 Å². The maximum atomic E-state index is 14.0. The normalized spacial score (nSPS) is 11.5. The molecule has 0 saturated heterocycles. The lowest BCUT2D eigenvalue weighted by Gasteiger charge is -2.13. The van der Waals surface area contributed by atoms with Gasteiger partial charge < -0.3 is 0 Å². The molecule has 0 heterocycles. The molecule has 3 aromatic rings. The molecule has 0 radical (unpaired) electrons. The summed E-state index contributed by atoms with van der Waals surface area (Å²) in [6.07, 6.45) is 0. The summed E-state index contributed by atoms with van der Waals surface area (Å²) in [6, 6.07) is 22.3. The Labute approximate surface area is 161 Å². The minimum Gasteiger partial charge on any atom is -0.0933 e. The van der Waals surface area contributed by atoms with Gasteiger partial charge in [0.1, 0.15) is 5.75 Å². The molecule has 5 heteroatoms. The van der Waals surface area contributed by atoms with Gasteiger partial charge in [-0.15, -0.1) is 0 Å². The van der Waals surface area contributed by atoms with Crippen molar-refractivity contribution in [3.8, 4) is 0 Å². The predicted molar refractivity (Wildman–Crippen MR) is 105 cm³/mol. The van der Waals surface area contributed by atoms with E-state index in [1.165, 1.54) is 0 Å². The van der Waals surface area contributed by atoms with Crippen LogP contribution in [0.2, 0.25) is 10.0 Å². The van der Waals surface area contributed by atoms with E-state index in [-0.39, 0.29) is 0 Å². The minimum atomic E-state index is -2.48. The molecule has 0 spiro atoms. The Morgan fingerprint density at radius 1 is 0.708 bits per heavy atom. The average molecular weight is 441 g/mol. The highest BCUT2D eigenvalue weighted by molar-refractivity contribution is 9.10. The van der Waals surface area contributed by atoms with Crippen LogP contribution in [0.25, 0.3) is 0 Å². The summed E-state index contributed by atoms with van der Waals surface area (Å²) in [7, 11) is -2.48. The van der Waals surface area contributed by atoms with Crippen LogP contribution >= 0.6 is 39.1 Å². The Balaban J connectivity index is 2.09. The van der Waals surface area contributed by atoms with Crippen molar-refractivity contribution in [1.29, 1.82) is 0 Å². The second kappa shape index (κ2) is 7.40. The third-order valence-electron chi connectivity index (χ3n) is 3.67.